The van der Waals surface area contributed by atoms with Gasteiger partial charge in [-0.2, -0.15) is 0 Å². The predicted octanol–water partition coefficient (Wildman–Crippen LogP) is 4.33. The van der Waals surface area contributed by atoms with Crippen LogP contribution in [0.3, 0.4) is 0 Å². The number of halogens is 1. The number of hydrogen-bond donors (Lipinski definition) is 1. The van der Waals surface area contributed by atoms with Gasteiger partial charge in [0.15, 0.2) is 0 Å². The van der Waals surface area contributed by atoms with E-state index in [1.807, 2.05) is 20.0 Å². The minimum absolute atomic E-state index is 0.256. The summed E-state index contributed by atoms with van der Waals surface area (Å²) in [5, 5.41) is 6.34. The summed E-state index contributed by atoms with van der Waals surface area (Å²) in [7, 11) is 1.99. The maximum Gasteiger partial charge on any atom is 0.0671 e. The van der Waals surface area contributed by atoms with E-state index in [1.54, 1.807) is 11.3 Å². The van der Waals surface area contributed by atoms with Crippen molar-refractivity contribution in [2.24, 2.45) is 0 Å². The van der Waals surface area contributed by atoms with Crippen molar-refractivity contribution in [2.45, 2.75) is 19.9 Å². The van der Waals surface area contributed by atoms with Crippen LogP contribution in [0.2, 0.25) is 5.02 Å². The van der Waals surface area contributed by atoms with Gasteiger partial charge in [0, 0.05) is 9.90 Å². The average molecular weight is 266 g/mol. The first-order chi connectivity index (χ1) is 8.13. The highest BCUT2D eigenvalue weighted by atomic mass is 35.5. The molecule has 3 heteroatoms. The van der Waals surface area contributed by atoms with Gasteiger partial charge in [0.25, 0.3) is 0 Å². The minimum Gasteiger partial charge on any atom is -0.309 e. The first-order valence-electron chi connectivity index (χ1n) is 5.60. The summed E-state index contributed by atoms with van der Waals surface area (Å²) in [5.74, 6) is 0. The molecular weight excluding hydrogens is 250 g/mol. The number of nitrogens with one attached hydrogen (secondary N) is 1. The molecule has 0 saturated carbocycles. The molecule has 0 aliphatic heterocycles. The van der Waals surface area contributed by atoms with Gasteiger partial charge in [-0.25, -0.2) is 0 Å². The molecule has 1 atom stereocenters. The van der Waals surface area contributed by atoms with Crippen LogP contribution in [0.1, 0.15) is 27.6 Å². The van der Waals surface area contributed by atoms with E-state index < -0.39 is 0 Å². The van der Waals surface area contributed by atoms with Crippen molar-refractivity contribution in [1.29, 1.82) is 0 Å². The van der Waals surface area contributed by atoms with E-state index in [2.05, 4.69) is 35.8 Å². The van der Waals surface area contributed by atoms with Crippen LogP contribution in [0.4, 0.5) is 0 Å². The van der Waals surface area contributed by atoms with Gasteiger partial charge in [-0.1, -0.05) is 23.7 Å². The molecule has 17 heavy (non-hydrogen) atoms. The third kappa shape index (κ3) is 2.54. The van der Waals surface area contributed by atoms with Crippen LogP contribution in [0.5, 0.6) is 0 Å². The Morgan fingerprint density at radius 3 is 2.47 bits per heavy atom. The zero-order valence-electron chi connectivity index (χ0n) is 10.3. The first kappa shape index (κ1) is 12.6. The average Bonchev–Trinajstić information content (AvgIpc) is 2.71. The van der Waals surface area contributed by atoms with Gasteiger partial charge in [-0.3, -0.25) is 0 Å². The molecule has 0 spiro atoms. The molecule has 0 aliphatic carbocycles. The SMILES string of the molecule is CNC(c1ccc(Cl)c(C)c1)c1sccc1C. The molecule has 0 saturated heterocycles. The van der Waals surface area contributed by atoms with Crippen LogP contribution in [0.25, 0.3) is 0 Å². The lowest BCUT2D eigenvalue weighted by atomic mass is 10.0. The minimum atomic E-state index is 0.256. The quantitative estimate of drug-likeness (QED) is 0.871. The highest BCUT2D eigenvalue weighted by Crippen LogP contribution is 2.30. The number of hydrogen-bond acceptors (Lipinski definition) is 2. The zero-order chi connectivity index (χ0) is 12.4. The Kier molecular flexibility index (Phi) is 3.87. The summed E-state index contributed by atoms with van der Waals surface area (Å²) in [4.78, 5) is 1.37. The van der Waals surface area contributed by atoms with Gasteiger partial charge in [0.2, 0.25) is 0 Å². The molecular formula is C14H16ClNS. The molecule has 0 radical (unpaired) electrons. The third-order valence-corrected chi connectivity index (χ3v) is 4.48. The molecule has 90 valence electrons. The molecule has 1 aromatic carbocycles. The summed E-state index contributed by atoms with van der Waals surface area (Å²) in [6.07, 6.45) is 0. The summed E-state index contributed by atoms with van der Waals surface area (Å²) in [6, 6.07) is 8.64. The van der Waals surface area contributed by atoms with E-state index in [-0.39, 0.29) is 6.04 Å². The Balaban J connectivity index is 2.42. The van der Waals surface area contributed by atoms with Gasteiger partial charge in [0.1, 0.15) is 0 Å². The van der Waals surface area contributed by atoms with Crippen LogP contribution in [0.15, 0.2) is 29.6 Å². The normalized spacial score (nSPS) is 12.7. The lowest BCUT2D eigenvalue weighted by molar-refractivity contribution is 0.700. The summed E-state index contributed by atoms with van der Waals surface area (Å²) in [6.45, 7) is 4.19. The molecule has 0 bridgehead atoms. The second-order valence-electron chi connectivity index (χ2n) is 4.20. The third-order valence-electron chi connectivity index (χ3n) is 2.97. The van der Waals surface area contributed by atoms with Crippen LogP contribution in [-0.4, -0.2) is 7.05 Å². The number of thiophene rings is 1. The molecule has 1 heterocycles. The molecule has 0 amide bonds. The smallest absolute Gasteiger partial charge is 0.0671 e. The Morgan fingerprint density at radius 1 is 1.18 bits per heavy atom. The number of rotatable bonds is 3. The predicted molar refractivity (Wildman–Crippen MR) is 76.1 cm³/mol. The molecule has 1 aromatic heterocycles. The van der Waals surface area contributed by atoms with Gasteiger partial charge < -0.3 is 5.32 Å². The standard InChI is InChI=1S/C14H16ClNS/c1-9-6-7-17-14(9)13(16-3)11-4-5-12(15)10(2)8-11/h4-8,13,16H,1-3H3. The van der Waals surface area contributed by atoms with Crippen LogP contribution in [-0.2, 0) is 0 Å². The van der Waals surface area contributed by atoms with Crippen molar-refractivity contribution < 1.29 is 0 Å². The lowest BCUT2D eigenvalue weighted by Gasteiger charge is -2.17. The Labute approximate surface area is 111 Å². The molecule has 1 N–H and O–H groups in total. The fourth-order valence-electron chi connectivity index (χ4n) is 1.98. The second kappa shape index (κ2) is 5.21. The van der Waals surface area contributed by atoms with E-state index in [1.165, 1.54) is 16.0 Å². The maximum atomic E-state index is 6.07. The van der Waals surface area contributed by atoms with Crippen LogP contribution >= 0.6 is 22.9 Å². The zero-order valence-corrected chi connectivity index (χ0v) is 11.8. The largest absolute Gasteiger partial charge is 0.309 e. The topological polar surface area (TPSA) is 12.0 Å². The lowest BCUT2D eigenvalue weighted by Crippen LogP contribution is -2.17. The fraction of sp³-hybridized carbons (Fsp3) is 0.286. The van der Waals surface area contributed by atoms with E-state index in [4.69, 9.17) is 11.6 Å². The Morgan fingerprint density at radius 2 is 1.94 bits per heavy atom. The van der Waals surface area contributed by atoms with E-state index in [0.717, 1.165) is 10.6 Å². The van der Waals surface area contributed by atoms with Crippen LogP contribution in [0, 0.1) is 13.8 Å². The van der Waals surface area contributed by atoms with Crippen molar-refractivity contribution in [1.82, 2.24) is 5.32 Å². The molecule has 2 rings (SSSR count). The van der Waals surface area contributed by atoms with Gasteiger partial charge >= 0.3 is 0 Å². The van der Waals surface area contributed by atoms with Gasteiger partial charge in [0.05, 0.1) is 6.04 Å². The fourth-order valence-corrected chi connectivity index (χ4v) is 3.16. The molecule has 0 fully saturated rings. The number of aryl methyl sites for hydroxylation is 2. The van der Waals surface area contributed by atoms with Gasteiger partial charge in [-0.15, -0.1) is 11.3 Å². The molecule has 2 aromatic rings. The number of benzene rings is 1. The summed E-state index contributed by atoms with van der Waals surface area (Å²) < 4.78 is 0. The van der Waals surface area contributed by atoms with E-state index >= 15 is 0 Å². The highest BCUT2D eigenvalue weighted by molar-refractivity contribution is 7.10. The molecule has 1 nitrogen and oxygen atoms in total. The van der Waals surface area contributed by atoms with Crippen molar-refractivity contribution in [2.75, 3.05) is 7.05 Å². The maximum absolute atomic E-state index is 6.07. The van der Waals surface area contributed by atoms with Crippen molar-refractivity contribution in [3.63, 3.8) is 0 Å². The van der Waals surface area contributed by atoms with Crippen molar-refractivity contribution in [3.8, 4) is 0 Å². The second-order valence-corrected chi connectivity index (χ2v) is 5.55. The van der Waals surface area contributed by atoms with Crippen LogP contribution < -0.4 is 5.32 Å². The van der Waals surface area contributed by atoms with E-state index in [9.17, 15) is 0 Å². The van der Waals surface area contributed by atoms with Crippen molar-refractivity contribution >= 4 is 22.9 Å². The monoisotopic (exact) mass is 265 g/mol. The first-order valence-corrected chi connectivity index (χ1v) is 6.86. The Hall–Kier alpha value is -0.830. The van der Waals surface area contributed by atoms with E-state index in [0.29, 0.717) is 0 Å². The summed E-state index contributed by atoms with van der Waals surface area (Å²) in [5.41, 5.74) is 3.72. The molecule has 0 aliphatic rings. The highest BCUT2D eigenvalue weighted by Gasteiger charge is 2.15. The molecule has 1 unspecified atom stereocenters. The summed E-state index contributed by atoms with van der Waals surface area (Å²) >= 11 is 7.86. The van der Waals surface area contributed by atoms with Gasteiger partial charge in [-0.05, 0) is 55.1 Å². The Bertz CT molecular complexity index is 519. The van der Waals surface area contributed by atoms with Crippen molar-refractivity contribution in [3.05, 3.63) is 56.2 Å².